The molecule has 2 aliphatic carbocycles. The largest absolute Gasteiger partial charge is 0.297 e. The highest BCUT2D eigenvalue weighted by atomic mass is 15.1. The first kappa shape index (κ1) is 13.1. The summed E-state index contributed by atoms with van der Waals surface area (Å²) in [5.41, 5.74) is 1.39. The molecule has 1 nitrogen and oxygen atoms in total. The zero-order valence-corrected chi connectivity index (χ0v) is 11.7. The number of allylic oxidation sites excluding steroid dienone is 4. The van der Waals surface area contributed by atoms with Crippen molar-refractivity contribution in [1.29, 1.82) is 0 Å². The third kappa shape index (κ3) is 3.58. The van der Waals surface area contributed by atoms with E-state index in [-0.39, 0.29) is 0 Å². The molecule has 0 saturated heterocycles. The number of hydrogen-bond acceptors (Lipinski definition) is 1. The fraction of sp³-hybridized carbons (Fsp3) is 0.263. The van der Waals surface area contributed by atoms with Crippen LogP contribution in [0.1, 0.15) is 5.56 Å². The van der Waals surface area contributed by atoms with Crippen LogP contribution in [0, 0.1) is 11.8 Å². The molecule has 0 saturated carbocycles. The highest BCUT2D eigenvalue weighted by molar-refractivity contribution is 5.20. The van der Waals surface area contributed by atoms with Gasteiger partial charge in [0.05, 0.1) is 0 Å². The predicted molar refractivity (Wildman–Crippen MR) is 85.3 cm³/mol. The standard InChI is InChI=1S/C19H21N/c1-2-8-17(9-3-1)14-20(15-18-10-4-5-11-18)16-19-12-6-7-13-19/h1-13,18-19H,14-16H2. The zero-order chi connectivity index (χ0) is 13.6. The van der Waals surface area contributed by atoms with Gasteiger partial charge in [-0.1, -0.05) is 78.9 Å². The van der Waals surface area contributed by atoms with Crippen LogP contribution in [-0.4, -0.2) is 18.0 Å². The van der Waals surface area contributed by atoms with Crippen molar-refractivity contribution < 1.29 is 0 Å². The summed E-state index contributed by atoms with van der Waals surface area (Å²) < 4.78 is 0. The van der Waals surface area contributed by atoms with Gasteiger partial charge in [-0.05, 0) is 5.56 Å². The summed E-state index contributed by atoms with van der Waals surface area (Å²) in [5.74, 6) is 1.13. The number of rotatable bonds is 6. The normalized spacial score (nSPS) is 17.9. The third-order valence-electron chi connectivity index (χ3n) is 3.84. The van der Waals surface area contributed by atoms with Crippen LogP contribution in [0.25, 0.3) is 0 Å². The second-order valence-corrected chi connectivity index (χ2v) is 5.55. The fourth-order valence-electron chi connectivity index (χ4n) is 2.84. The van der Waals surface area contributed by atoms with Crippen molar-refractivity contribution in [2.24, 2.45) is 11.8 Å². The molecule has 2 aliphatic rings. The van der Waals surface area contributed by atoms with Crippen LogP contribution in [0.4, 0.5) is 0 Å². The van der Waals surface area contributed by atoms with Gasteiger partial charge in [0.25, 0.3) is 0 Å². The van der Waals surface area contributed by atoms with Crippen molar-refractivity contribution in [3.63, 3.8) is 0 Å². The summed E-state index contributed by atoms with van der Waals surface area (Å²) in [6, 6.07) is 10.8. The Hall–Kier alpha value is -1.86. The van der Waals surface area contributed by atoms with Crippen molar-refractivity contribution in [2.75, 3.05) is 13.1 Å². The lowest BCUT2D eigenvalue weighted by atomic mass is 10.1. The van der Waals surface area contributed by atoms with Gasteiger partial charge in [0.1, 0.15) is 0 Å². The smallest absolute Gasteiger partial charge is 0.0234 e. The van der Waals surface area contributed by atoms with Crippen molar-refractivity contribution in [2.45, 2.75) is 6.54 Å². The minimum atomic E-state index is 0.563. The van der Waals surface area contributed by atoms with Gasteiger partial charge >= 0.3 is 0 Å². The Morgan fingerprint density at radius 1 is 0.700 bits per heavy atom. The van der Waals surface area contributed by atoms with Gasteiger partial charge in [0.15, 0.2) is 0 Å². The fourth-order valence-corrected chi connectivity index (χ4v) is 2.84. The second-order valence-electron chi connectivity index (χ2n) is 5.55. The molecule has 1 heteroatoms. The van der Waals surface area contributed by atoms with E-state index in [0.29, 0.717) is 11.8 Å². The monoisotopic (exact) mass is 263 g/mol. The van der Waals surface area contributed by atoms with E-state index in [1.165, 1.54) is 5.56 Å². The highest BCUT2D eigenvalue weighted by Crippen LogP contribution is 2.17. The Morgan fingerprint density at radius 2 is 1.20 bits per heavy atom. The van der Waals surface area contributed by atoms with Crippen molar-refractivity contribution in [1.82, 2.24) is 4.90 Å². The molecule has 1 aromatic rings. The lowest BCUT2D eigenvalue weighted by molar-refractivity contribution is 0.242. The molecule has 0 N–H and O–H groups in total. The average molecular weight is 263 g/mol. The van der Waals surface area contributed by atoms with E-state index < -0.39 is 0 Å². The van der Waals surface area contributed by atoms with Crippen LogP contribution >= 0.6 is 0 Å². The quantitative estimate of drug-likeness (QED) is 0.750. The molecular weight excluding hydrogens is 242 g/mol. The van der Waals surface area contributed by atoms with Crippen LogP contribution in [-0.2, 0) is 6.54 Å². The van der Waals surface area contributed by atoms with Crippen molar-refractivity contribution in [3.05, 3.63) is 84.5 Å². The maximum Gasteiger partial charge on any atom is 0.0234 e. The summed E-state index contributed by atoms with van der Waals surface area (Å²) >= 11 is 0. The maximum atomic E-state index is 2.56. The molecule has 0 aromatic heterocycles. The molecular formula is C19H21N. The minimum absolute atomic E-state index is 0.563. The molecule has 20 heavy (non-hydrogen) atoms. The van der Waals surface area contributed by atoms with Gasteiger partial charge in [0.2, 0.25) is 0 Å². The van der Waals surface area contributed by atoms with E-state index in [1.807, 2.05) is 0 Å². The molecule has 0 heterocycles. The number of hydrogen-bond donors (Lipinski definition) is 0. The molecule has 0 bridgehead atoms. The Balaban J connectivity index is 1.65. The predicted octanol–water partition coefficient (Wildman–Crippen LogP) is 3.97. The zero-order valence-electron chi connectivity index (χ0n) is 11.7. The maximum absolute atomic E-state index is 2.56. The summed E-state index contributed by atoms with van der Waals surface area (Å²) in [6.07, 6.45) is 17.8. The first-order chi connectivity index (χ1) is 9.90. The first-order valence-electron chi connectivity index (χ1n) is 7.36. The van der Waals surface area contributed by atoms with Crippen molar-refractivity contribution in [3.8, 4) is 0 Å². The van der Waals surface area contributed by atoms with Gasteiger partial charge in [-0.3, -0.25) is 4.90 Å². The number of benzene rings is 1. The Bertz CT molecular complexity index is 482. The van der Waals surface area contributed by atoms with Gasteiger partial charge in [0, 0.05) is 31.5 Å². The Labute approximate surface area is 121 Å². The molecule has 102 valence electrons. The van der Waals surface area contributed by atoms with Gasteiger partial charge in [-0.15, -0.1) is 0 Å². The molecule has 0 unspecified atom stereocenters. The summed E-state index contributed by atoms with van der Waals surface area (Å²) in [4.78, 5) is 2.56. The van der Waals surface area contributed by atoms with Crippen LogP contribution in [0.15, 0.2) is 78.9 Å². The van der Waals surface area contributed by atoms with Crippen LogP contribution in [0.3, 0.4) is 0 Å². The second kappa shape index (κ2) is 6.53. The SMILES string of the molecule is C1=CC(CN(Cc2ccccc2)CC2C=CC=C2)C=C1. The molecule has 3 rings (SSSR count). The Kier molecular flexibility index (Phi) is 4.29. The summed E-state index contributed by atoms with van der Waals surface area (Å²) in [6.45, 7) is 3.22. The first-order valence-corrected chi connectivity index (χ1v) is 7.36. The van der Waals surface area contributed by atoms with Crippen LogP contribution < -0.4 is 0 Å². The van der Waals surface area contributed by atoms with E-state index in [9.17, 15) is 0 Å². The van der Waals surface area contributed by atoms with E-state index >= 15 is 0 Å². The molecule has 0 amide bonds. The molecule has 0 spiro atoms. The van der Waals surface area contributed by atoms with Crippen molar-refractivity contribution >= 4 is 0 Å². The molecule has 0 radical (unpaired) electrons. The highest BCUT2D eigenvalue weighted by Gasteiger charge is 2.15. The molecule has 0 fully saturated rings. The van der Waals surface area contributed by atoms with Crippen LogP contribution in [0.5, 0.6) is 0 Å². The average Bonchev–Trinajstić information content (AvgIpc) is 3.13. The van der Waals surface area contributed by atoms with Gasteiger partial charge < -0.3 is 0 Å². The lowest BCUT2D eigenvalue weighted by Crippen LogP contribution is -2.31. The van der Waals surface area contributed by atoms with Gasteiger partial charge in [-0.2, -0.15) is 0 Å². The van der Waals surface area contributed by atoms with E-state index in [1.54, 1.807) is 0 Å². The molecule has 0 aliphatic heterocycles. The van der Waals surface area contributed by atoms with Crippen LogP contribution in [0.2, 0.25) is 0 Å². The van der Waals surface area contributed by atoms with E-state index in [2.05, 4.69) is 83.8 Å². The van der Waals surface area contributed by atoms with E-state index in [0.717, 1.165) is 19.6 Å². The Morgan fingerprint density at radius 3 is 1.70 bits per heavy atom. The van der Waals surface area contributed by atoms with E-state index in [4.69, 9.17) is 0 Å². The minimum Gasteiger partial charge on any atom is -0.297 e. The summed E-state index contributed by atoms with van der Waals surface area (Å²) in [5, 5.41) is 0. The number of nitrogens with zero attached hydrogens (tertiary/aromatic N) is 1. The topological polar surface area (TPSA) is 3.24 Å². The molecule has 0 atom stereocenters. The summed E-state index contributed by atoms with van der Waals surface area (Å²) in [7, 11) is 0. The lowest BCUT2D eigenvalue weighted by Gasteiger charge is -2.26. The van der Waals surface area contributed by atoms with Gasteiger partial charge in [-0.25, -0.2) is 0 Å². The third-order valence-corrected chi connectivity index (χ3v) is 3.84. The molecule has 1 aromatic carbocycles.